The van der Waals surface area contributed by atoms with E-state index in [4.69, 9.17) is 0 Å². The van der Waals surface area contributed by atoms with Crippen molar-refractivity contribution in [1.29, 1.82) is 0 Å². The van der Waals surface area contributed by atoms with Crippen LogP contribution < -0.4 is 5.32 Å². The van der Waals surface area contributed by atoms with Gasteiger partial charge in [0.15, 0.2) is 0 Å². The summed E-state index contributed by atoms with van der Waals surface area (Å²) in [4.78, 5) is 4.39. The Morgan fingerprint density at radius 2 is 2.13 bits per heavy atom. The molecule has 0 aliphatic heterocycles. The van der Waals surface area contributed by atoms with Gasteiger partial charge in [-0.2, -0.15) is 0 Å². The molecule has 0 spiro atoms. The molecule has 1 heterocycles. The molecule has 0 aliphatic rings. The molecule has 1 atom stereocenters. The quantitative estimate of drug-likeness (QED) is 0.853. The average Bonchev–Trinajstić information content (AvgIpc) is 2.80. The molecule has 3 heteroatoms. The Bertz CT molecular complexity index is 383. The van der Waals surface area contributed by atoms with Crippen LogP contribution in [0.1, 0.15) is 16.5 Å². The lowest BCUT2D eigenvalue weighted by molar-refractivity contribution is 0.704. The van der Waals surface area contributed by atoms with Crippen LogP contribution in [0.4, 0.5) is 0 Å². The number of thiazole rings is 1. The summed E-state index contributed by atoms with van der Waals surface area (Å²) in [6.07, 6.45) is 1.87. The van der Waals surface area contributed by atoms with Crippen LogP contribution in [0.15, 0.2) is 41.9 Å². The first-order chi connectivity index (χ1) is 7.42. The second kappa shape index (κ2) is 5.05. The van der Waals surface area contributed by atoms with Crippen LogP contribution >= 0.6 is 11.3 Å². The molecule has 0 bridgehead atoms. The molecule has 1 aromatic heterocycles. The predicted octanol–water partition coefficient (Wildman–Crippen LogP) is 2.49. The number of likely N-dealkylation sites (N-methyl/N-ethyl adjacent to an activating group) is 1. The zero-order chi connectivity index (χ0) is 10.5. The van der Waals surface area contributed by atoms with E-state index in [0.717, 1.165) is 6.54 Å². The van der Waals surface area contributed by atoms with Gasteiger partial charge in [0.1, 0.15) is 5.01 Å². The highest BCUT2D eigenvalue weighted by molar-refractivity contribution is 7.09. The number of nitrogens with zero attached hydrogens (tertiary/aromatic N) is 1. The minimum atomic E-state index is 0.371. The highest BCUT2D eigenvalue weighted by Crippen LogP contribution is 2.25. The normalized spacial score (nSPS) is 12.6. The second-order valence-corrected chi connectivity index (χ2v) is 4.32. The van der Waals surface area contributed by atoms with Gasteiger partial charge in [0, 0.05) is 24.0 Å². The molecule has 78 valence electrons. The van der Waals surface area contributed by atoms with E-state index in [1.807, 2.05) is 24.7 Å². The Kier molecular flexibility index (Phi) is 3.48. The summed E-state index contributed by atoms with van der Waals surface area (Å²) in [6, 6.07) is 10.5. The van der Waals surface area contributed by atoms with Gasteiger partial charge in [0.25, 0.3) is 0 Å². The zero-order valence-corrected chi connectivity index (χ0v) is 9.50. The molecule has 1 unspecified atom stereocenters. The van der Waals surface area contributed by atoms with Gasteiger partial charge in [-0.3, -0.25) is 0 Å². The van der Waals surface area contributed by atoms with E-state index >= 15 is 0 Å². The van der Waals surface area contributed by atoms with E-state index in [1.54, 1.807) is 11.3 Å². The molecule has 15 heavy (non-hydrogen) atoms. The maximum Gasteiger partial charge on any atom is 0.101 e. The molecule has 0 aliphatic carbocycles. The molecular formula is C12H14N2S. The number of benzene rings is 1. The van der Waals surface area contributed by atoms with Gasteiger partial charge in [-0.25, -0.2) is 4.98 Å². The fraction of sp³-hybridized carbons (Fsp3) is 0.250. The fourth-order valence-corrected chi connectivity index (χ4v) is 2.41. The SMILES string of the molecule is CNCC(c1ccccc1)c1nccs1. The summed E-state index contributed by atoms with van der Waals surface area (Å²) in [5, 5.41) is 6.43. The summed E-state index contributed by atoms with van der Waals surface area (Å²) in [5.74, 6) is 0.371. The van der Waals surface area contributed by atoms with E-state index < -0.39 is 0 Å². The summed E-state index contributed by atoms with van der Waals surface area (Å²) >= 11 is 1.71. The van der Waals surface area contributed by atoms with Crippen LogP contribution in [0.5, 0.6) is 0 Å². The van der Waals surface area contributed by atoms with Crippen molar-refractivity contribution in [3.05, 3.63) is 52.5 Å². The first-order valence-electron chi connectivity index (χ1n) is 5.00. The molecule has 2 aromatic rings. The van der Waals surface area contributed by atoms with Crippen molar-refractivity contribution in [3.8, 4) is 0 Å². The van der Waals surface area contributed by atoms with E-state index in [1.165, 1.54) is 10.6 Å². The first kappa shape index (κ1) is 10.3. The molecule has 2 rings (SSSR count). The lowest BCUT2D eigenvalue weighted by Gasteiger charge is -2.13. The van der Waals surface area contributed by atoms with E-state index in [2.05, 4.69) is 34.6 Å². The molecule has 0 saturated carbocycles. The smallest absolute Gasteiger partial charge is 0.101 e. The van der Waals surface area contributed by atoms with Gasteiger partial charge in [-0.15, -0.1) is 11.3 Å². The van der Waals surface area contributed by atoms with Gasteiger partial charge >= 0.3 is 0 Å². The number of nitrogens with one attached hydrogen (secondary N) is 1. The van der Waals surface area contributed by atoms with Gasteiger partial charge in [-0.1, -0.05) is 30.3 Å². The molecule has 0 fully saturated rings. The molecular weight excluding hydrogens is 204 g/mol. The average molecular weight is 218 g/mol. The van der Waals surface area contributed by atoms with Gasteiger partial charge < -0.3 is 5.32 Å². The van der Waals surface area contributed by atoms with Crippen LogP contribution in [0.2, 0.25) is 0 Å². The second-order valence-electron chi connectivity index (χ2n) is 3.39. The van der Waals surface area contributed by atoms with Crippen molar-refractivity contribution >= 4 is 11.3 Å². The fourth-order valence-electron chi connectivity index (χ4n) is 1.64. The third-order valence-electron chi connectivity index (χ3n) is 2.36. The summed E-state index contributed by atoms with van der Waals surface area (Å²) in [7, 11) is 1.98. The monoisotopic (exact) mass is 218 g/mol. The largest absolute Gasteiger partial charge is 0.319 e. The predicted molar refractivity (Wildman–Crippen MR) is 64.3 cm³/mol. The minimum Gasteiger partial charge on any atom is -0.319 e. The van der Waals surface area contributed by atoms with Crippen molar-refractivity contribution in [3.63, 3.8) is 0 Å². The van der Waals surface area contributed by atoms with Crippen molar-refractivity contribution in [2.45, 2.75) is 5.92 Å². The maximum absolute atomic E-state index is 4.39. The zero-order valence-electron chi connectivity index (χ0n) is 8.68. The van der Waals surface area contributed by atoms with Crippen LogP contribution in [0, 0.1) is 0 Å². The van der Waals surface area contributed by atoms with Crippen molar-refractivity contribution in [1.82, 2.24) is 10.3 Å². The number of aromatic nitrogens is 1. The highest BCUT2D eigenvalue weighted by atomic mass is 32.1. The van der Waals surface area contributed by atoms with Crippen LogP contribution in [-0.4, -0.2) is 18.6 Å². The minimum absolute atomic E-state index is 0.371. The molecule has 2 nitrogen and oxygen atoms in total. The van der Waals surface area contributed by atoms with Crippen LogP contribution in [0.25, 0.3) is 0 Å². The number of rotatable bonds is 4. The summed E-state index contributed by atoms with van der Waals surface area (Å²) in [5.41, 5.74) is 1.32. The third kappa shape index (κ3) is 2.43. The van der Waals surface area contributed by atoms with E-state index in [-0.39, 0.29) is 0 Å². The Morgan fingerprint density at radius 3 is 2.73 bits per heavy atom. The summed E-state index contributed by atoms with van der Waals surface area (Å²) in [6.45, 7) is 0.928. The Balaban J connectivity index is 2.28. The van der Waals surface area contributed by atoms with E-state index in [9.17, 15) is 0 Å². The molecule has 0 amide bonds. The van der Waals surface area contributed by atoms with Gasteiger partial charge in [0.05, 0.1) is 0 Å². The third-order valence-corrected chi connectivity index (χ3v) is 3.25. The maximum atomic E-state index is 4.39. The lowest BCUT2D eigenvalue weighted by Crippen LogP contribution is -2.18. The summed E-state index contributed by atoms with van der Waals surface area (Å²) < 4.78 is 0. The number of hydrogen-bond acceptors (Lipinski definition) is 3. The molecule has 1 aromatic carbocycles. The van der Waals surface area contributed by atoms with E-state index in [0.29, 0.717) is 5.92 Å². The van der Waals surface area contributed by atoms with Crippen molar-refractivity contribution in [2.24, 2.45) is 0 Å². The van der Waals surface area contributed by atoms with Crippen molar-refractivity contribution < 1.29 is 0 Å². The highest BCUT2D eigenvalue weighted by Gasteiger charge is 2.14. The number of hydrogen-bond donors (Lipinski definition) is 1. The van der Waals surface area contributed by atoms with Gasteiger partial charge in [0.2, 0.25) is 0 Å². The van der Waals surface area contributed by atoms with Gasteiger partial charge in [-0.05, 0) is 12.6 Å². The standard InChI is InChI=1S/C12H14N2S/c1-13-9-11(12-14-7-8-15-12)10-5-3-2-4-6-10/h2-8,11,13H,9H2,1H3. The molecule has 0 saturated heterocycles. The Morgan fingerprint density at radius 1 is 1.33 bits per heavy atom. The Hall–Kier alpha value is -1.19. The molecule has 0 radical (unpaired) electrons. The lowest BCUT2D eigenvalue weighted by atomic mass is 10.00. The Labute approximate surface area is 94.0 Å². The first-order valence-corrected chi connectivity index (χ1v) is 5.88. The van der Waals surface area contributed by atoms with Crippen molar-refractivity contribution in [2.75, 3.05) is 13.6 Å². The topological polar surface area (TPSA) is 24.9 Å². The van der Waals surface area contributed by atoms with Crippen LogP contribution in [0.3, 0.4) is 0 Å². The molecule has 1 N–H and O–H groups in total. The van der Waals surface area contributed by atoms with Crippen LogP contribution in [-0.2, 0) is 0 Å².